The largest absolute Gasteiger partial charge is 0.353 e. The van der Waals surface area contributed by atoms with E-state index < -0.39 is 0 Å². The van der Waals surface area contributed by atoms with E-state index >= 15 is 0 Å². The van der Waals surface area contributed by atoms with Crippen molar-refractivity contribution in [3.63, 3.8) is 0 Å². The number of hydrogen-bond acceptors (Lipinski definition) is 2. The molecule has 58 valence electrons. The van der Waals surface area contributed by atoms with Gasteiger partial charge in [-0.15, -0.1) is 0 Å². The molecule has 3 heteroatoms. The van der Waals surface area contributed by atoms with Crippen molar-refractivity contribution in [2.75, 3.05) is 6.54 Å². The zero-order valence-corrected chi connectivity index (χ0v) is 6.48. The van der Waals surface area contributed by atoms with E-state index in [1.165, 1.54) is 0 Å². The first kappa shape index (κ1) is 7.54. The van der Waals surface area contributed by atoms with Crippen LogP contribution in [-0.2, 0) is 4.79 Å². The smallest absolute Gasteiger partial charge is 0.237 e. The molecule has 2 atom stereocenters. The molecule has 1 heterocycles. The summed E-state index contributed by atoms with van der Waals surface area (Å²) < 4.78 is 0. The Morgan fingerprint density at radius 3 is 2.90 bits per heavy atom. The van der Waals surface area contributed by atoms with E-state index in [2.05, 4.69) is 17.6 Å². The first-order valence-corrected chi connectivity index (χ1v) is 3.77. The molecule has 2 N–H and O–H groups in total. The maximum absolute atomic E-state index is 11.0. The molecule has 1 rings (SSSR count). The molecule has 1 aliphatic rings. The lowest BCUT2D eigenvalue weighted by Gasteiger charge is -2.27. The molecular formula is C7H14N2O. The highest BCUT2D eigenvalue weighted by Crippen LogP contribution is 1.98. The van der Waals surface area contributed by atoms with Crippen molar-refractivity contribution in [1.29, 1.82) is 0 Å². The van der Waals surface area contributed by atoms with Crippen LogP contribution in [0.25, 0.3) is 0 Å². The van der Waals surface area contributed by atoms with Gasteiger partial charge in [0.2, 0.25) is 5.91 Å². The van der Waals surface area contributed by atoms with Gasteiger partial charge >= 0.3 is 0 Å². The summed E-state index contributed by atoms with van der Waals surface area (Å²) in [5.74, 6) is 0.139. The quantitative estimate of drug-likeness (QED) is 0.535. The van der Waals surface area contributed by atoms with Crippen LogP contribution in [0.5, 0.6) is 0 Å². The minimum Gasteiger partial charge on any atom is -0.353 e. The predicted molar refractivity (Wildman–Crippen MR) is 39.7 cm³/mol. The maximum Gasteiger partial charge on any atom is 0.237 e. The number of amides is 1. The van der Waals surface area contributed by atoms with Gasteiger partial charge in [0, 0.05) is 12.6 Å². The average molecular weight is 142 g/mol. The molecule has 0 aliphatic carbocycles. The lowest BCUT2D eigenvalue weighted by atomic mass is 10.1. The van der Waals surface area contributed by atoms with Crippen LogP contribution in [-0.4, -0.2) is 24.5 Å². The van der Waals surface area contributed by atoms with E-state index in [-0.39, 0.29) is 11.9 Å². The molecule has 0 saturated carbocycles. The third-order valence-corrected chi connectivity index (χ3v) is 1.79. The van der Waals surface area contributed by atoms with Gasteiger partial charge in [0.1, 0.15) is 0 Å². The highest BCUT2D eigenvalue weighted by Gasteiger charge is 2.22. The number of piperazine rings is 1. The lowest BCUT2D eigenvalue weighted by molar-refractivity contribution is -0.124. The summed E-state index contributed by atoms with van der Waals surface area (Å²) in [4.78, 5) is 11.0. The molecule has 1 fully saturated rings. The summed E-state index contributed by atoms with van der Waals surface area (Å²) >= 11 is 0. The van der Waals surface area contributed by atoms with Gasteiger partial charge in [0.05, 0.1) is 6.04 Å². The van der Waals surface area contributed by atoms with Gasteiger partial charge in [-0.05, 0) is 13.3 Å². The second-order valence-corrected chi connectivity index (χ2v) is 2.77. The number of rotatable bonds is 1. The molecule has 3 nitrogen and oxygen atoms in total. The molecule has 0 aromatic carbocycles. The highest BCUT2D eigenvalue weighted by atomic mass is 16.2. The van der Waals surface area contributed by atoms with Crippen LogP contribution in [0, 0.1) is 0 Å². The number of carbonyl (C=O) groups excluding carboxylic acids is 1. The second-order valence-electron chi connectivity index (χ2n) is 2.77. The zero-order chi connectivity index (χ0) is 7.56. The summed E-state index contributed by atoms with van der Waals surface area (Å²) in [6.07, 6.45) is 0.871. The summed E-state index contributed by atoms with van der Waals surface area (Å²) in [5.41, 5.74) is 0. The van der Waals surface area contributed by atoms with Crippen LogP contribution in [0.2, 0.25) is 0 Å². The fraction of sp³-hybridized carbons (Fsp3) is 0.857. The monoisotopic (exact) mass is 142 g/mol. The Bertz CT molecular complexity index is 136. The molecule has 10 heavy (non-hydrogen) atoms. The predicted octanol–water partition coefficient (Wildman–Crippen LogP) is -0.127. The van der Waals surface area contributed by atoms with E-state index in [1.807, 2.05) is 6.92 Å². The van der Waals surface area contributed by atoms with Crippen molar-refractivity contribution in [2.24, 2.45) is 0 Å². The van der Waals surface area contributed by atoms with Gasteiger partial charge < -0.3 is 10.6 Å². The van der Waals surface area contributed by atoms with Crippen LogP contribution in [0.3, 0.4) is 0 Å². The Kier molecular flexibility index (Phi) is 2.27. The van der Waals surface area contributed by atoms with Crippen molar-refractivity contribution in [2.45, 2.75) is 32.4 Å². The third-order valence-electron chi connectivity index (χ3n) is 1.79. The second kappa shape index (κ2) is 3.01. The molecule has 0 radical (unpaired) electrons. The summed E-state index contributed by atoms with van der Waals surface area (Å²) in [6.45, 7) is 4.84. The van der Waals surface area contributed by atoms with E-state index in [0.29, 0.717) is 6.04 Å². The molecule has 1 amide bonds. The minimum atomic E-state index is 0.0312. The summed E-state index contributed by atoms with van der Waals surface area (Å²) in [7, 11) is 0. The van der Waals surface area contributed by atoms with E-state index in [1.54, 1.807) is 0 Å². The molecule has 1 saturated heterocycles. The summed E-state index contributed by atoms with van der Waals surface area (Å²) in [6, 6.07) is 0.450. The first-order valence-electron chi connectivity index (χ1n) is 3.77. The topological polar surface area (TPSA) is 41.1 Å². The number of nitrogens with one attached hydrogen (secondary N) is 2. The van der Waals surface area contributed by atoms with Gasteiger partial charge in [-0.25, -0.2) is 0 Å². The molecule has 0 bridgehead atoms. The summed E-state index contributed by atoms with van der Waals surface area (Å²) in [5, 5.41) is 6.04. The van der Waals surface area contributed by atoms with Gasteiger partial charge in [-0.1, -0.05) is 6.92 Å². The van der Waals surface area contributed by atoms with Gasteiger partial charge in [-0.3, -0.25) is 4.79 Å². The van der Waals surface area contributed by atoms with Crippen LogP contribution in [0.1, 0.15) is 20.3 Å². The third kappa shape index (κ3) is 1.48. The molecule has 0 aromatic rings. The number of carbonyl (C=O) groups is 1. The lowest BCUT2D eigenvalue weighted by Crippen LogP contribution is -2.56. The fourth-order valence-corrected chi connectivity index (χ4v) is 1.16. The van der Waals surface area contributed by atoms with E-state index in [0.717, 1.165) is 13.0 Å². The van der Waals surface area contributed by atoms with Crippen molar-refractivity contribution in [1.82, 2.24) is 10.6 Å². The van der Waals surface area contributed by atoms with Crippen molar-refractivity contribution in [3.05, 3.63) is 0 Å². The Hall–Kier alpha value is -0.570. The van der Waals surface area contributed by atoms with Gasteiger partial charge in [-0.2, -0.15) is 0 Å². The Balaban J connectivity index is 2.45. The fourth-order valence-electron chi connectivity index (χ4n) is 1.16. The molecule has 0 spiro atoms. The Labute approximate surface area is 61.2 Å². The van der Waals surface area contributed by atoms with Crippen LogP contribution < -0.4 is 10.6 Å². The molecule has 1 aliphatic heterocycles. The van der Waals surface area contributed by atoms with E-state index in [9.17, 15) is 4.79 Å². The van der Waals surface area contributed by atoms with Crippen LogP contribution in [0.15, 0.2) is 0 Å². The molecular weight excluding hydrogens is 128 g/mol. The average Bonchev–Trinajstić information content (AvgIpc) is 1.94. The minimum absolute atomic E-state index is 0.0312. The van der Waals surface area contributed by atoms with Gasteiger partial charge in [0.15, 0.2) is 0 Å². The maximum atomic E-state index is 11.0. The molecule has 2 unspecified atom stereocenters. The molecule has 0 aromatic heterocycles. The Morgan fingerprint density at radius 1 is 1.70 bits per heavy atom. The normalized spacial score (nSPS) is 33.6. The first-order chi connectivity index (χ1) is 4.74. The van der Waals surface area contributed by atoms with Crippen molar-refractivity contribution >= 4 is 5.91 Å². The van der Waals surface area contributed by atoms with E-state index in [4.69, 9.17) is 0 Å². The highest BCUT2D eigenvalue weighted by molar-refractivity contribution is 5.82. The SMILES string of the molecule is CCC1NC(C)CNC1=O. The van der Waals surface area contributed by atoms with Crippen LogP contribution in [0.4, 0.5) is 0 Å². The standard InChI is InChI=1S/C7H14N2O/c1-3-6-7(10)8-4-5(2)9-6/h5-6,9H,3-4H2,1-2H3,(H,8,10). The Morgan fingerprint density at radius 2 is 2.40 bits per heavy atom. The number of hydrogen-bond donors (Lipinski definition) is 2. The van der Waals surface area contributed by atoms with Crippen LogP contribution >= 0.6 is 0 Å². The van der Waals surface area contributed by atoms with Crippen molar-refractivity contribution in [3.8, 4) is 0 Å². The van der Waals surface area contributed by atoms with Crippen molar-refractivity contribution < 1.29 is 4.79 Å². The zero-order valence-electron chi connectivity index (χ0n) is 6.48. The van der Waals surface area contributed by atoms with Gasteiger partial charge in [0.25, 0.3) is 0 Å².